The largest absolute Gasteiger partial charge is 0.490 e. The van der Waals surface area contributed by atoms with Gasteiger partial charge in [-0.25, -0.2) is 5.43 Å². The molecule has 2 rings (SSSR count). The van der Waals surface area contributed by atoms with Crippen LogP contribution in [0.3, 0.4) is 0 Å². The topological polar surface area (TPSA) is 76.7 Å². The van der Waals surface area contributed by atoms with E-state index in [1.165, 1.54) is 6.21 Å². The molecule has 0 aliphatic carbocycles. The minimum Gasteiger partial charge on any atom is -0.490 e. The zero-order valence-corrected chi connectivity index (χ0v) is 15.4. The van der Waals surface area contributed by atoms with Crippen molar-refractivity contribution in [3.05, 3.63) is 57.6 Å². The number of carbonyl (C=O) groups excluding carboxylic acids is 1. The lowest BCUT2D eigenvalue weighted by Crippen LogP contribution is -2.19. The number of nitrogens with two attached hydrogens (primary N) is 1. The van der Waals surface area contributed by atoms with Crippen molar-refractivity contribution >= 4 is 41.0 Å². The van der Waals surface area contributed by atoms with E-state index in [2.05, 4.69) is 10.5 Å². The Hall–Kier alpha value is -2.24. The third kappa shape index (κ3) is 5.37. The molecule has 132 valence electrons. The number of amides is 1. The fraction of sp³-hybridized carbons (Fsp3) is 0.222. The lowest BCUT2D eigenvalue weighted by Gasteiger charge is -2.12. The van der Waals surface area contributed by atoms with E-state index in [-0.39, 0.29) is 0 Å². The highest BCUT2D eigenvalue weighted by Crippen LogP contribution is 2.34. The van der Waals surface area contributed by atoms with Crippen molar-refractivity contribution in [3.8, 4) is 5.75 Å². The molecule has 0 aliphatic heterocycles. The van der Waals surface area contributed by atoms with Crippen LogP contribution in [0.2, 0.25) is 10.0 Å². The van der Waals surface area contributed by atoms with Gasteiger partial charge in [0.15, 0.2) is 5.75 Å². The number of ether oxygens (including phenoxy) is 1. The summed E-state index contributed by atoms with van der Waals surface area (Å²) in [4.78, 5) is 12.0. The Kier molecular flexibility index (Phi) is 6.67. The second-order valence-corrected chi connectivity index (χ2v) is 6.62. The van der Waals surface area contributed by atoms with E-state index in [4.69, 9.17) is 33.7 Å². The molecule has 7 heteroatoms. The molecule has 0 aromatic heterocycles. The molecule has 5 nitrogen and oxygen atoms in total. The number of anilines is 1. The van der Waals surface area contributed by atoms with E-state index in [1.807, 2.05) is 13.8 Å². The zero-order valence-electron chi connectivity index (χ0n) is 13.9. The van der Waals surface area contributed by atoms with Crippen molar-refractivity contribution in [1.29, 1.82) is 0 Å². The summed E-state index contributed by atoms with van der Waals surface area (Å²) in [5, 5.41) is 4.67. The van der Waals surface area contributed by atoms with E-state index in [9.17, 15) is 4.79 Å². The molecule has 0 aliphatic rings. The summed E-state index contributed by atoms with van der Waals surface area (Å²) in [6, 6.07) is 10.1. The van der Waals surface area contributed by atoms with Crippen molar-refractivity contribution in [2.45, 2.75) is 13.8 Å². The Bertz CT molecular complexity index is 769. The fourth-order valence-corrected chi connectivity index (χ4v) is 2.58. The van der Waals surface area contributed by atoms with Gasteiger partial charge in [-0.15, -0.1) is 0 Å². The lowest BCUT2D eigenvalue weighted by atomic mass is 10.2. The van der Waals surface area contributed by atoms with Gasteiger partial charge >= 0.3 is 0 Å². The molecule has 0 radical (unpaired) electrons. The number of carbonyl (C=O) groups is 1. The van der Waals surface area contributed by atoms with Gasteiger partial charge in [0, 0.05) is 5.69 Å². The van der Waals surface area contributed by atoms with Gasteiger partial charge in [-0.3, -0.25) is 4.79 Å². The molecule has 2 aromatic carbocycles. The summed E-state index contributed by atoms with van der Waals surface area (Å²) >= 11 is 12.4. The van der Waals surface area contributed by atoms with Crippen LogP contribution in [0.25, 0.3) is 0 Å². The predicted molar refractivity (Wildman–Crippen MR) is 103 cm³/mol. The molecule has 2 aromatic rings. The SMILES string of the molecule is CC(C)COc1c(Cl)cc(/C=N\NC(=O)c2ccccc2N)cc1Cl. The van der Waals surface area contributed by atoms with Gasteiger partial charge in [0.05, 0.1) is 28.4 Å². The number of rotatable bonds is 6. The van der Waals surface area contributed by atoms with Gasteiger partial charge < -0.3 is 10.5 Å². The van der Waals surface area contributed by atoms with E-state index in [0.717, 1.165) is 0 Å². The minimum atomic E-state index is -0.400. The Labute approximate surface area is 156 Å². The number of nitrogens with zero attached hydrogens (tertiary/aromatic N) is 1. The quantitative estimate of drug-likeness (QED) is 0.444. The number of hydrogen-bond acceptors (Lipinski definition) is 4. The van der Waals surface area contributed by atoms with E-state index >= 15 is 0 Å². The van der Waals surface area contributed by atoms with Crippen molar-refractivity contribution in [1.82, 2.24) is 5.43 Å². The predicted octanol–water partition coefficient (Wildman–Crippen LogP) is 4.37. The van der Waals surface area contributed by atoms with Crippen LogP contribution in [0.1, 0.15) is 29.8 Å². The highest BCUT2D eigenvalue weighted by Gasteiger charge is 2.10. The molecule has 0 atom stereocenters. The van der Waals surface area contributed by atoms with E-state index in [0.29, 0.717) is 45.1 Å². The molecule has 0 bridgehead atoms. The van der Waals surface area contributed by atoms with Crippen molar-refractivity contribution in [2.75, 3.05) is 12.3 Å². The summed E-state index contributed by atoms with van der Waals surface area (Å²) < 4.78 is 5.61. The highest BCUT2D eigenvalue weighted by molar-refractivity contribution is 6.37. The second-order valence-electron chi connectivity index (χ2n) is 5.80. The first kappa shape index (κ1) is 19.1. The molecule has 3 N–H and O–H groups in total. The molecule has 0 heterocycles. The molecule has 0 saturated carbocycles. The molecule has 0 fully saturated rings. The summed E-state index contributed by atoms with van der Waals surface area (Å²) in [5.74, 6) is 0.396. The van der Waals surface area contributed by atoms with Crippen LogP contribution >= 0.6 is 23.2 Å². The zero-order chi connectivity index (χ0) is 18.4. The Morgan fingerprint density at radius 2 is 1.92 bits per heavy atom. The van der Waals surface area contributed by atoms with Crippen LogP contribution in [0.5, 0.6) is 5.75 Å². The monoisotopic (exact) mass is 379 g/mol. The Morgan fingerprint density at radius 1 is 1.28 bits per heavy atom. The number of nitrogens with one attached hydrogen (secondary N) is 1. The van der Waals surface area contributed by atoms with Gasteiger partial charge in [-0.2, -0.15) is 5.10 Å². The van der Waals surface area contributed by atoms with Crippen LogP contribution in [-0.2, 0) is 0 Å². The lowest BCUT2D eigenvalue weighted by molar-refractivity contribution is 0.0956. The molecule has 0 spiro atoms. The van der Waals surface area contributed by atoms with Crippen molar-refractivity contribution in [3.63, 3.8) is 0 Å². The van der Waals surface area contributed by atoms with Crippen molar-refractivity contribution < 1.29 is 9.53 Å². The second kappa shape index (κ2) is 8.74. The van der Waals surface area contributed by atoms with Crippen LogP contribution in [-0.4, -0.2) is 18.7 Å². The highest BCUT2D eigenvalue weighted by atomic mass is 35.5. The maximum Gasteiger partial charge on any atom is 0.273 e. The number of benzene rings is 2. The number of nitrogen functional groups attached to an aromatic ring is 1. The number of hydrazone groups is 1. The van der Waals surface area contributed by atoms with Crippen LogP contribution in [0, 0.1) is 5.92 Å². The summed E-state index contributed by atoms with van der Waals surface area (Å²) in [6.07, 6.45) is 1.45. The summed E-state index contributed by atoms with van der Waals surface area (Å²) in [7, 11) is 0. The maximum atomic E-state index is 12.0. The van der Waals surface area contributed by atoms with Gasteiger partial charge in [0.1, 0.15) is 0 Å². The number of hydrogen-bond donors (Lipinski definition) is 2. The van der Waals surface area contributed by atoms with Gasteiger partial charge in [0.25, 0.3) is 5.91 Å². The number of para-hydroxylation sites is 1. The molecule has 1 amide bonds. The third-order valence-electron chi connectivity index (χ3n) is 3.17. The average Bonchev–Trinajstić information content (AvgIpc) is 2.54. The fourth-order valence-electron chi connectivity index (χ4n) is 1.97. The Balaban J connectivity index is 2.06. The Morgan fingerprint density at radius 3 is 2.52 bits per heavy atom. The molecular weight excluding hydrogens is 361 g/mol. The van der Waals surface area contributed by atoms with Crippen LogP contribution < -0.4 is 15.9 Å². The minimum absolute atomic E-state index is 0.355. The van der Waals surface area contributed by atoms with Gasteiger partial charge in [0.2, 0.25) is 0 Å². The number of halogens is 2. The first-order chi connectivity index (χ1) is 11.9. The molecular formula is C18H19Cl2N3O2. The standard InChI is InChI=1S/C18H19Cl2N3O2/c1-11(2)10-25-17-14(19)7-12(8-15(17)20)9-22-23-18(24)13-5-3-4-6-16(13)21/h3-9,11H,10,21H2,1-2H3,(H,23,24)/b22-9-. The maximum absolute atomic E-state index is 12.0. The molecule has 0 unspecified atom stereocenters. The van der Waals surface area contributed by atoms with Crippen molar-refractivity contribution in [2.24, 2.45) is 11.0 Å². The van der Waals surface area contributed by atoms with Gasteiger partial charge in [-0.05, 0) is 35.7 Å². The normalized spacial score (nSPS) is 11.1. The van der Waals surface area contributed by atoms with Crippen LogP contribution in [0.4, 0.5) is 5.69 Å². The van der Waals surface area contributed by atoms with Crippen LogP contribution in [0.15, 0.2) is 41.5 Å². The molecule has 25 heavy (non-hydrogen) atoms. The first-order valence-electron chi connectivity index (χ1n) is 7.68. The van der Waals surface area contributed by atoms with Gasteiger partial charge in [-0.1, -0.05) is 49.2 Å². The summed E-state index contributed by atoms with van der Waals surface area (Å²) in [6.45, 7) is 4.58. The third-order valence-corrected chi connectivity index (χ3v) is 3.73. The first-order valence-corrected chi connectivity index (χ1v) is 8.43. The molecule has 0 saturated heterocycles. The smallest absolute Gasteiger partial charge is 0.273 e. The van der Waals surface area contributed by atoms with E-state index < -0.39 is 5.91 Å². The van der Waals surface area contributed by atoms with E-state index in [1.54, 1.807) is 36.4 Å². The summed E-state index contributed by atoms with van der Waals surface area (Å²) in [5.41, 5.74) is 9.53. The average molecular weight is 380 g/mol.